The van der Waals surface area contributed by atoms with Crippen molar-refractivity contribution in [3.63, 3.8) is 0 Å². The normalized spacial score (nSPS) is 25.0. The van der Waals surface area contributed by atoms with Gasteiger partial charge < -0.3 is 10.5 Å². The number of nitrogens with zero attached hydrogens (tertiary/aromatic N) is 1. The summed E-state index contributed by atoms with van der Waals surface area (Å²) in [5.41, 5.74) is 7.54. The van der Waals surface area contributed by atoms with E-state index in [-0.39, 0.29) is 22.8 Å². The van der Waals surface area contributed by atoms with Crippen molar-refractivity contribution in [2.75, 3.05) is 19.3 Å². The monoisotopic (exact) mass is 438 g/mol. The van der Waals surface area contributed by atoms with Gasteiger partial charge in [0, 0.05) is 29.4 Å². The third-order valence-electron chi connectivity index (χ3n) is 5.74. The molecule has 0 saturated carbocycles. The number of nitrogens with two attached hydrogens (primary N) is 1. The summed E-state index contributed by atoms with van der Waals surface area (Å²) >= 11 is 6.13. The highest BCUT2D eigenvalue weighted by molar-refractivity contribution is 7.90. The maximum Gasteiger partial charge on any atom is 0.175 e. The van der Waals surface area contributed by atoms with E-state index in [2.05, 4.69) is 4.90 Å². The van der Waals surface area contributed by atoms with Gasteiger partial charge in [0.1, 0.15) is 17.7 Å². The third-order valence-corrected chi connectivity index (χ3v) is 7.08. The summed E-state index contributed by atoms with van der Waals surface area (Å²) in [5, 5.41) is 0.332. The van der Waals surface area contributed by atoms with E-state index in [0.717, 1.165) is 37.8 Å². The predicted octanol–water partition coefficient (Wildman–Crippen LogP) is 3.35. The summed E-state index contributed by atoms with van der Waals surface area (Å²) in [7, 11) is -3.29. The topological polar surface area (TPSA) is 72.6 Å². The lowest BCUT2D eigenvalue weighted by Crippen LogP contribution is -2.49. The second-order valence-electron chi connectivity index (χ2n) is 7.91. The fraction of sp³-hybridized carbons (Fsp3) is 0.429. The number of piperidine rings is 1. The Morgan fingerprint density at radius 2 is 1.97 bits per heavy atom. The molecule has 29 heavy (non-hydrogen) atoms. The van der Waals surface area contributed by atoms with Crippen molar-refractivity contribution in [1.29, 1.82) is 0 Å². The molecule has 2 N–H and O–H groups in total. The van der Waals surface area contributed by atoms with E-state index in [4.69, 9.17) is 22.1 Å². The molecule has 1 fully saturated rings. The Balaban J connectivity index is 1.67. The summed E-state index contributed by atoms with van der Waals surface area (Å²) in [6.45, 7) is 1.62. The van der Waals surface area contributed by atoms with E-state index in [1.54, 1.807) is 18.2 Å². The molecule has 2 aromatic carbocycles. The van der Waals surface area contributed by atoms with Gasteiger partial charge >= 0.3 is 0 Å². The van der Waals surface area contributed by atoms with Crippen molar-refractivity contribution in [2.24, 2.45) is 5.73 Å². The molecule has 2 aromatic rings. The second-order valence-corrected chi connectivity index (χ2v) is 10.4. The third kappa shape index (κ3) is 4.28. The molecule has 2 unspecified atom stereocenters. The summed E-state index contributed by atoms with van der Waals surface area (Å²) in [6, 6.07) is 9.44. The van der Waals surface area contributed by atoms with E-state index in [0.29, 0.717) is 22.8 Å². The Bertz CT molecular complexity index is 1010. The Kier molecular flexibility index (Phi) is 5.59. The molecule has 1 saturated heterocycles. The molecular weight excluding hydrogens is 415 g/mol. The van der Waals surface area contributed by atoms with Crippen LogP contribution in [-0.4, -0.2) is 44.7 Å². The number of sulfone groups is 1. The molecule has 0 amide bonds. The zero-order valence-electron chi connectivity index (χ0n) is 16.1. The Morgan fingerprint density at radius 1 is 1.24 bits per heavy atom. The van der Waals surface area contributed by atoms with Crippen LogP contribution in [0.3, 0.4) is 0 Å². The van der Waals surface area contributed by atoms with Crippen LogP contribution >= 0.6 is 11.6 Å². The minimum atomic E-state index is -3.29. The fourth-order valence-electron chi connectivity index (χ4n) is 4.33. The zero-order chi connectivity index (χ0) is 20.8. The molecule has 4 rings (SSSR count). The lowest BCUT2D eigenvalue weighted by Gasteiger charge is -2.38. The van der Waals surface area contributed by atoms with Crippen LogP contribution in [0.15, 0.2) is 41.3 Å². The van der Waals surface area contributed by atoms with Crippen LogP contribution in [0.4, 0.5) is 4.39 Å². The van der Waals surface area contributed by atoms with Gasteiger partial charge in [0.2, 0.25) is 0 Å². The number of fused-ring (bicyclic) bond motifs is 1. The van der Waals surface area contributed by atoms with Gasteiger partial charge in [-0.3, -0.25) is 4.90 Å². The molecule has 3 atom stereocenters. The zero-order valence-corrected chi connectivity index (χ0v) is 17.7. The van der Waals surface area contributed by atoms with Crippen molar-refractivity contribution in [1.82, 2.24) is 4.90 Å². The molecule has 156 valence electrons. The number of ether oxygens (including phenoxy) is 1. The first-order chi connectivity index (χ1) is 13.7. The van der Waals surface area contributed by atoms with Crippen molar-refractivity contribution < 1.29 is 17.5 Å². The number of hydrogen-bond donors (Lipinski definition) is 1. The SMILES string of the molecule is CS(=O)(=O)c1ccc(OC2c3cc(Cl)cc(F)c3CC2N2CCC[C@@H](N)C2)cc1. The van der Waals surface area contributed by atoms with Crippen molar-refractivity contribution in [3.05, 3.63) is 58.4 Å². The highest BCUT2D eigenvalue weighted by Gasteiger charge is 2.41. The molecule has 1 heterocycles. The number of halogens is 2. The molecular formula is C21H24ClFN2O3S. The van der Waals surface area contributed by atoms with Gasteiger partial charge in [0.25, 0.3) is 0 Å². The van der Waals surface area contributed by atoms with E-state index in [1.807, 2.05) is 0 Å². The Morgan fingerprint density at radius 3 is 2.62 bits per heavy atom. The molecule has 1 aliphatic carbocycles. The minimum Gasteiger partial charge on any atom is -0.484 e. The Hall–Kier alpha value is -1.67. The average Bonchev–Trinajstić information content (AvgIpc) is 3.00. The van der Waals surface area contributed by atoms with Crippen molar-refractivity contribution in [2.45, 2.75) is 42.3 Å². The maximum absolute atomic E-state index is 14.6. The van der Waals surface area contributed by atoms with Crippen LogP contribution < -0.4 is 10.5 Å². The number of likely N-dealkylation sites (tertiary alicyclic amines) is 1. The average molecular weight is 439 g/mol. The Labute approximate surface area is 175 Å². The van der Waals surface area contributed by atoms with Gasteiger partial charge in [0.05, 0.1) is 10.9 Å². The van der Waals surface area contributed by atoms with E-state index in [1.165, 1.54) is 18.2 Å². The fourth-order valence-corrected chi connectivity index (χ4v) is 5.18. The summed E-state index contributed by atoms with van der Waals surface area (Å²) in [5.74, 6) is 0.208. The molecule has 2 aliphatic rings. The molecule has 0 spiro atoms. The van der Waals surface area contributed by atoms with Gasteiger partial charge in [0.15, 0.2) is 9.84 Å². The van der Waals surface area contributed by atoms with Crippen molar-refractivity contribution in [3.8, 4) is 5.75 Å². The first-order valence-electron chi connectivity index (χ1n) is 9.66. The lowest BCUT2D eigenvalue weighted by atomic mass is 10.0. The van der Waals surface area contributed by atoms with Crippen LogP contribution in [0.25, 0.3) is 0 Å². The summed E-state index contributed by atoms with van der Waals surface area (Å²) in [4.78, 5) is 2.50. The van der Waals surface area contributed by atoms with Crippen LogP contribution in [0.5, 0.6) is 5.75 Å². The van der Waals surface area contributed by atoms with E-state index in [9.17, 15) is 12.8 Å². The standard InChI is InChI=1S/C21H24ClFN2O3S/c1-29(26,27)16-6-4-15(5-7-16)28-21-18-9-13(22)10-19(23)17(18)11-20(21)25-8-2-3-14(24)12-25/h4-7,9-10,14,20-21H,2-3,8,11-12,24H2,1H3/t14-,20?,21?/m1/s1. The first kappa shape index (κ1) is 20.6. The van der Waals surface area contributed by atoms with E-state index < -0.39 is 15.9 Å². The lowest BCUT2D eigenvalue weighted by molar-refractivity contribution is 0.0592. The maximum atomic E-state index is 14.6. The second kappa shape index (κ2) is 7.87. The number of rotatable bonds is 4. The van der Waals surface area contributed by atoms with Gasteiger partial charge in [-0.25, -0.2) is 12.8 Å². The highest BCUT2D eigenvalue weighted by Crippen LogP contribution is 2.41. The number of benzene rings is 2. The van der Waals surface area contributed by atoms with Crippen LogP contribution in [0.1, 0.15) is 30.1 Å². The summed E-state index contributed by atoms with van der Waals surface area (Å²) < 4.78 is 44.3. The smallest absolute Gasteiger partial charge is 0.175 e. The highest BCUT2D eigenvalue weighted by atomic mass is 35.5. The summed E-state index contributed by atoms with van der Waals surface area (Å²) in [6.07, 6.45) is 3.25. The largest absolute Gasteiger partial charge is 0.484 e. The minimum absolute atomic E-state index is 0.0566. The molecule has 5 nitrogen and oxygen atoms in total. The quantitative estimate of drug-likeness (QED) is 0.792. The van der Waals surface area contributed by atoms with Crippen LogP contribution in [-0.2, 0) is 16.3 Å². The molecule has 1 aliphatic heterocycles. The van der Waals surface area contributed by atoms with Gasteiger partial charge in [-0.15, -0.1) is 0 Å². The van der Waals surface area contributed by atoms with Crippen LogP contribution in [0, 0.1) is 5.82 Å². The van der Waals surface area contributed by atoms with Crippen molar-refractivity contribution >= 4 is 21.4 Å². The predicted molar refractivity (Wildman–Crippen MR) is 111 cm³/mol. The van der Waals surface area contributed by atoms with Gasteiger partial charge in [-0.2, -0.15) is 0 Å². The van der Waals surface area contributed by atoms with Gasteiger partial charge in [-0.05, 0) is 67.8 Å². The molecule has 0 bridgehead atoms. The van der Waals surface area contributed by atoms with Gasteiger partial charge in [-0.1, -0.05) is 11.6 Å². The first-order valence-corrected chi connectivity index (χ1v) is 11.9. The molecule has 0 aromatic heterocycles. The van der Waals surface area contributed by atoms with E-state index >= 15 is 0 Å². The number of hydrogen-bond acceptors (Lipinski definition) is 5. The van der Waals surface area contributed by atoms with Crippen LogP contribution in [0.2, 0.25) is 5.02 Å². The molecule has 0 radical (unpaired) electrons. The molecule has 8 heteroatoms.